The molecule has 1 atom stereocenters. The van der Waals surface area contributed by atoms with Crippen LogP contribution in [0.2, 0.25) is 0 Å². The van der Waals surface area contributed by atoms with E-state index in [2.05, 4.69) is 25.1 Å². The molecular formula is C8H9N5O3. The molecule has 16 heavy (non-hydrogen) atoms. The largest absolute Gasteiger partial charge is 0.379 e. The number of nitrogens with two attached hydrogens (primary N) is 1. The van der Waals surface area contributed by atoms with Gasteiger partial charge in [0.05, 0.1) is 0 Å². The molecule has 1 aliphatic heterocycles. The smallest absolute Gasteiger partial charge is 0.284 e. The van der Waals surface area contributed by atoms with Crippen molar-refractivity contribution in [3.8, 4) is 11.6 Å². The zero-order valence-electron chi connectivity index (χ0n) is 8.29. The highest BCUT2D eigenvalue weighted by Gasteiger charge is 2.25. The molecule has 0 bridgehead atoms. The van der Waals surface area contributed by atoms with Gasteiger partial charge in [0.15, 0.2) is 0 Å². The van der Waals surface area contributed by atoms with E-state index in [1.165, 1.54) is 0 Å². The lowest BCUT2D eigenvalue weighted by Crippen LogP contribution is -1.98. The number of ether oxygens (including phenoxy) is 1. The van der Waals surface area contributed by atoms with E-state index < -0.39 is 0 Å². The van der Waals surface area contributed by atoms with E-state index in [-0.39, 0.29) is 23.5 Å². The summed E-state index contributed by atoms with van der Waals surface area (Å²) in [5.41, 5.74) is 5.77. The van der Waals surface area contributed by atoms with Crippen molar-refractivity contribution in [2.24, 2.45) is 0 Å². The zero-order valence-corrected chi connectivity index (χ0v) is 8.29. The molecule has 84 valence electrons. The summed E-state index contributed by atoms with van der Waals surface area (Å²) in [5, 5.41) is 10.8. The second-order valence-electron chi connectivity index (χ2n) is 3.46. The van der Waals surface area contributed by atoms with Gasteiger partial charge in [0.1, 0.15) is 6.10 Å². The van der Waals surface area contributed by atoms with Crippen LogP contribution >= 0.6 is 0 Å². The van der Waals surface area contributed by atoms with Gasteiger partial charge in [-0.1, -0.05) is 5.16 Å². The van der Waals surface area contributed by atoms with E-state index in [9.17, 15) is 0 Å². The predicted molar refractivity (Wildman–Crippen MR) is 49.9 cm³/mol. The van der Waals surface area contributed by atoms with Crippen LogP contribution in [0.1, 0.15) is 24.8 Å². The lowest BCUT2D eigenvalue weighted by molar-refractivity contribution is 0.103. The number of aromatic nitrogens is 4. The Balaban J connectivity index is 1.90. The van der Waals surface area contributed by atoms with Gasteiger partial charge in [-0.15, -0.1) is 0 Å². The van der Waals surface area contributed by atoms with Crippen molar-refractivity contribution in [3.63, 3.8) is 0 Å². The molecule has 3 rings (SSSR count). The summed E-state index contributed by atoms with van der Waals surface area (Å²) in [6.07, 6.45) is 1.80. The topological polar surface area (TPSA) is 113 Å². The molecule has 1 aliphatic rings. The van der Waals surface area contributed by atoms with Crippen LogP contribution < -0.4 is 5.73 Å². The van der Waals surface area contributed by atoms with E-state index in [0.29, 0.717) is 5.82 Å². The van der Waals surface area contributed by atoms with Gasteiger partial charge < -0.3 is 15.0 Å². The maximum absolute atomic E-state index is 5.51. The van der Waals surface area contributed by atoms with E-state index in [1.807, 2.05) is 0 Å². The van der Waals surface area contributed by atoms with Crippen molar-refractivity contribution in [1.29, 1.82) is 0 Å². The standard InChI is InChI=1S/C8H9N5O3/c9-6-5(11-16-12-6)8-10-7(13-15-8)4-2-1-3-14-4/h4H,1-3H2,(H2,9,12). The van der Waals surface area contributed by atoms with E-state index in [1.54, 1.807) is 0 Å². The number of hydrogen-bond acceptors (Lipinski definition) is 8. The zero-order chi connectivity index (χ0) is 11.0. The van der Waals surface area contributed by atoms with Crippen LogP contribution in [0, 0.1) is 0 Å². The normalized spacial score (nSPS) is 20.4. The molecule has 8 nitrogen and oxygen atoms in total. The molecule has 0 amide bonds. The van der Waals surface area contributed by atoms with Crippen LogP contribution in [-0.2, 0) is 4.74 Å². The Hall–Kier alpha value is -1.96. The van der Waals surface area contributed by atoms with Crippen LogP contribution in [0.15, 0.2) is 9.15 Å². The van der Waals surface area contributed by atoms with E-state index >= 15 is 0 Å². The second kappa shape index (κ2) is 3.56. The first-order valence-corrected chi connectivity index (χ1v) is 4.88. The minimum atomic E-state index is -0.0985. The number of anilines is 1. The fourth-order valence-corrected chi connectivity index (χ4v) is 1.59. The van der Waals surface area contributed by atoms with Crippen molar-refractivity contribution in [2.45, 2.75) is 18.9 Å². The molecule has 0 aliphatic carbocycles. The fraction of sp³-hybridized carbons (Fsp3) is 0.500. The lowest BCUT2D eigenvalue weighted by atomic mass is 10.2. The summed E-state index contributed by atoms with van der Waals surface area (Å²) in [6, 6.07) is 0. The molecule has 2 N–H and O–H groups in total. The van der Waals surface area contributed by atoms with Crippen LogP contribution in [0.25, 0.3) is 11.6 Å². The van der Waals surface area contributed by atoms with Gasteiger partial charge in [0, 0.05) is 6.61 Å². The highest BCUT2D eigenvalue weighted by Crippen LogP contribution is 2.28. The van der Waals surface area contributed by atoms with Gasteiger partial charge in [-0.2, -0.15) is 4.98 Å². The first-order valence-electron chi connectivity index (χ1n) is 4.88. The van der Waals surface area contributed by atoms with Gasteiger partial charge in [-0.05, 0) is 23.2 Å². The van der Waals surface area contributed by atoms with Crippen LogP contribution in [0.5, 0.6) is 0 Å². The second-order valence-corrected chi connectivity index (χ2v) is 3.46. The minimum absolute atomic E-state index is 0.0985. The maximum Gasteiger partial charge on any atom is 0.284 e. The predicted octanol–water partition coefficient (Wildman–Crippen LogP) is 0.553. The summed E-state index contributed by atoms with van der Waals surface area (Å²) in [6.45, 7) is 0.724. The molecule has 0 spiro atoms. The van der Waals surface area contributed by atoms with Gasteiger partial charge >= 0.3 is 0 Å². The minimum Gasteiger partial charge on any atom is -0.379 e. The average molecular weight is 223 g/mol. The highest BCUT2D eigenvalue weighted by atomic mass is 16.6. The molecular weight excluding hydrogens is 214 g/mol. The van der Waals surface area contributed by atoms with Crippen molar-refractivity contribution < 1.29 is 13.9 Å². The molecule has 1 unspecified atom stereocenters. The van der Waals surface area contributed by atoms with Crippen molar-refractivity contribution in [2.75, 3.05) is 12.3 Å². The molecule has 1 saturated heterocycles. The van der Waals surface area contributed by atoms with Crippen LogP contribution in [0.4, 0.5) is 5.82 Å². The Kier molecular flexibility index (Phi) is 2.07. The Labute approximate surface area is 89.7 Å². The van der Waals surface area contributed by atoms with Crippen molar-refractivity contribution in [1.82, 2.24) is 20.5 Å². The SMILES string of the molecule is Nc1nonc1-c1nc(C2CCCO2)no1. The summed E-state index contributed by atoms with van der Waals surface area (Å²) < 4.78 is 14.9. The van der Waals surface area contributed by atoms with E-state index in [0.717, 1.165) is 19.4 Å². The van der Waals surface area contributed by atoms with E-state index in [4.69, 9.17) is 15.0 Å². The van der Waals surface area contributed by atoms with Crippen LogP contribution in [0.3, 0.4) is 0 Å². The number of rotatable bonds is 2. The monoisotopic (exact) mass is 223 g/mol. The molecule has 0 radical (unpaired) electrons. The number of nitrogens with zero attached hydrogens (tertiary/aromatic N) is 4. The molecule has 8 heteroatoms. The number of nitrogen functional groups attached to an aromatic ring is 1. The molecule has 1 fully saturated rings. The summed E-state index contributed by atoms with van der Waals surface area (Å²) >= 11 is 0. The molecule has 2 aromatic heterocycles. The molecule has 0 aromatic carbocycles. The lowest BCUT2D eigenvalue weighted by Gasteiger charge is -2.00. The highest BCUT2D eigenvalue weighted by molar-refractivity contribution is 5.60. The maximum atomic E-state index is 5.51. The third-order valence-corrected chi connectivity index (χ3v) is 2.38. The summed E-state index contributed by atoms with van der Waals surface area (Å²) in [5.74, 6) is 0.835. The molecule has 3 heterocycles. The number of hydrogen-bond donors (Lipinski definition) is 1. The summed E-state index contributed by atoms with van der Waals surface area (Å²) in [7, 11) is 0. The Morgan fingerprint density at radius 2 is 2.19 bits per heavy atom. The fourth-order valence-electron chi connectivity index (χ4n) is 1.59. The Bertz CT molecular complexity index is 487. The third-order valence-electron chi connectivity index (χ3n) is 2.38. The van der Waals surface area contributed by atoms with Gasteiger partial charge in [-0.25, -0.2) is 4.63 Å². The Morgan fingerprint density at radius 1 is 1.25 bits per heavy atom. The van der Waals surface area contributed by atoms with Crippen LogP contribution in [-0.4, -0.2) is 27.1 Å². The molecule has 0 saturated carbocycles. The first kappa shape index (κ1) is 9.28. The third kappa shape index (κ3) is 1.43. The first-order chi connectivity index (χ1) is 7.84. The Morgan fingerprint density at radius 3 is 2.88 bits per heavy atom. The quantitative estimate of drug-likeness (QED) is 0.785. The van der Waals surface area contributed by atoms with Crippen molar-refractivity contribution in [3.05, 3.63) is 5.82 Å². The van der Waals surface area contributed by atoms with Gasteiger partial charge in [0.25, 0.3) is 5.89 Å². The van der Waals surface area contributed by atoms with Crippen molar-refractivity contribution >= 4 is 5.82 Å². The van der Waals surface area contributed by atoms with Gasteiger partial charge in [-0.3, -0.25) is 0 Å². The average Bonchev–Trinajstić information content (AvgIpc) is 2.96. The molecule has 2 aromatic rings. The van der Waals surface area contributed by atoms with Gasteiger partial charge in [0.2, 0.25) is 17.3 Å². The summed E-state index contributed by atoms with van der Waals surface area (Å²) in [4.78, 5) is 4.15.